The standard InChI is InChI=1S/C19H16N6O/c20-8-11-5-6-15-13(7-11)16(19(26)24-15)17-14-9-23-25(12-3-1-2-4-12)18(14)22-10-21-17/h5-7,9-10,12,16H,1-4H2,(H,24,26). The maximum absolute atomic E-state index is 12.7. The lowest BCUT2D eigenvalue weighted by atomic mass is 9.94. The zero-order valence-corrected chi connectivity index (χ0v) is 14.0. The molecule has 2 aliphatic rings. The van der Waals surface area contributed by atoms with Gasteiger partial charge in [0.2, 0.25) is 5.91 Å². The molecule has 5 rings (SSSR count). The quantitative estimate of drug-likeness (QED) is 0.771. The molecule has 1 unspecified atom stereocenters. The number of carbonyl (C=O) groups is 1. The molecule has 3 heterocycles. The average molecular weight is 344 g/mol. The monoisotopic (exact) mass is 344 g/mol. The van der Waals surface area contributed by atoms with Crippen molar-refractivity contribution in [2.24, 2.45) is 0 Å². The molecule has 26 heavy (non-hydrogen) atoms. The predicted octanol–water partition coefficient (Wildman–Crippen LogP) is 2.90. The van der Waals surface area contributed by atoms with Gasteiger partial charge in [-0.25, -0.2) is 14.6 Å². The second-order valence-electron chi connectivity index (χ2n) is 6.86. The van der Waals surface area contributed by atoms with Crippen LogP contribution in [0.4, 0.5) is 5.69 Å². The fourth-order valence-electron chi connectivity index (χ4n) is 4.13. The number of amides is 1. The van der Waals surface area contributed by atoms with Gasteiger partial charge in [-0.2, -0.15) is 10.4 Å². The van der Waals surface area contributed by atoms with Crippen LogP contribution < -0.4 is 5.32 Å². The van der Waals surface area contributed by atoms with E-state index >= 15 is 0 Å². The van der Waals surface area contributed by atoms with Crippen molar-refractivity contribution >= 4 is 22.6 Å². The lowest BCUT2D eigenvalue weighted by Gasteiger charge is -2.12. The third kappa shape index (κ3) is 2.12. The average Bonchev–Trinajstić information content (AvgIpc) is 3.38. The summed E-state index contributed by atoms with van der Waals surface area (Å²) in [6, 6.07) is 7.73. The lowest BCUT2D eigenvalue weighted by molar-refractivity contribution is -0.116. The van der Waals surface area contributed by atoms with Crippen LogP contribution in [-0.4, -0.2) is 25.7 Å². The van der Waals surface area contributed by atoms with Crippen LogP contribution in [0.3, 0.4) is 0 Å². The van der Waals surface area contributed by atoms with Gasteiger partial charge in [0, 0.05) is 5.69 Å². The molecule has 3 aromatic rings. The van der Waals surface area contributed by atoms with E-state index in [0.29, 0.717) is 17.3 Å². The normalized spacial score (nSPS) is 19.5. The van der Waals surface area contributed by atoms with E-state index in [1.807, 2.05) is 4.68 Å². The number of hydrogen-bond acceptors (Lipinski definition) is 5. The molecule has 128 valence electrons. The summed E-state index contributed by atoms with van der Waals surface area (Å²) in [7, 11) is 0. The summed E-state index contributed by atoms with van der Waals surface area (Å²) in [6.45, 7) is 0. The molecule has 1 amide bonds. The van der Waals surface area contributed by atoms with Crippen LogP contribution >= 0.6 is 0 Å². The lowest BCUT2D eigenvalue weighted by Crippen LogP contribution is -2.15. The summed E-state index contributed by atoms with van der Waals surface area (Å²) in [6.07, 6.45) is 7.90. The number of rotatable bonds is 2. The Morgan fingerprint density at radius 1 is 1.23 bits per heavy atom. The number of aromatic nitrogens is 4. The van der Waals surface area contributed by atoms with Crippen molar-refractivity contribution < 1.29 is 4.79 Å². The Bertz CT molecular complexity index is 1070. The Kier molecular flexibility index (Phi) is 3.25. The largest absolute Gasteiger partial charge is 0.325 e. The molecule has 0 spiro atoms. The van der Waals surface area contributed by atoms with Gasteiger partial charge < -0.3 is 5.32 Å². The number of nitrogens with one attached hydrogen (secondary N) is 1. The first-order chi connectivity index (χ1) is 12.8. The van der Waals surface area contributed by atoms with Crippen molar-refractivity contribution in [1.82, 2.24) is 19.7 Å². The minimum Gasteiger partial charge on any atom is -0.325 e. The second-order valence-corrected chi connectivity index (χ2v) is 6.86. The highest BCUT2D eigenvalue weighted by Crippen LogP contribution is 2.39. The van der Waals surface area contributed by atoms with Crippen LogP contribution in [0, 0.1) is 11.3 Å². The maximum Gasteiger partial charge on any atom is 0.238 e. The molecule has 7 nitrogen and oxygen atoms in total. The summed E-state index contributed by atoms with van der Waals surface area (Å²) < 4.78 is 1.98. The van der Waals surface area contributed by atoms with Crippen LogP contribution in [-0.2, 0) is 4.79 Å². The smallest absolute Gasteiger partial charge is 0.238 e. The van der Waals surface area contributed by atoms with E-state index in [9.17, 15) is 10.1 Å². The van der Waals surface area contributed by atoms with Crippen LogP contribution in [0.25, 0.3) is 11.0 Å². The molecule has 1 saturated carbocycles. The van der Waals surface area contributed by atoms with Gasteiger partial charge >= 0.3 is 0 Å². The van der Waals surface area contributed by atoms with E-state index in [0.717, 1.165) is 35.1 Å². The minimum absolute atomic E-state index is 0.135. The fraction of sp³-hybridized carbons (Fsp3) is 0.316. The van der Waals surface area contributed by atoms with Crippen LogP contribution in [0.15, 0.2) is 30.7 Å². The van der Waals surface area contributed by atoms with Gasteiger partial charge in [0.25, 0.3) is 0 Å². The highest BCUT2D eigenvalue weighted by molar-refractivity contribution is 6.06. The number of fused-ring (bicyclic) bond motifs is 2. The minimum atomic E-state index is -0.551. The SMILES string of the molecule is N#Cc1ccc2c(c1)C(c1ncnc3c1cnn3C1CCCC1)C(=O)N2. The van der Waals surface area contributed by atoms with E-state index in [1.54, 1.807) is 24.4 Å². The van der Waals surface area contributed by atoms with Crippen molar-refractivity contribution in [1.29, 1.82) is 5.26 Å². The molecule has 1 atom stereocenters. The van der Waals surface area contributed by atoms with Gasteiger partial charge in [0.15, 0.2) is 5.65 Å². The Morgan fingerprint density at radius 3 is 2.88 bits per heavy atom. The number of hydrogen-bond donors (Lipinski definition) is 1. The Morgan fingerprint density at radius 2 is 2.08 bits per heavy atom. The topological polar surface area (TPSA) is 96.5 Å². The zero-order valence-electron chi connectivity index (χ0n) is 14.0. The summed E-state index contributed by atoms with van der Waals surface area (Å²) in [4.78, 5) is 21.5. The first kappa shape index (κ1) is 15.0. The molecule has 0 saturated heterocycles. The molecular weight excluding hydrogens is 328 g/mol. The van der Waals surface area contributed by atoms with Crippen LogP contribution in [0.2, 0.25) is 0 Å². The van der Waals surface area contributed by atoms with Crippen molar-refractivity contribution in [3.8, 4) is 6.07 Å². The predicted molar refractivity (Wildman–Crippen MR) is 94.5 cm³/mol. The molecule has 1 N–H and O–H groups in total. The van der Waals surface area contributed by atoms with Gasteiger partial charge in [0.05, 0.1) is 35.0 Å². The molecule has 1 aliphatic heterocycles. The maximum atomic E-state index is 12.7. The van der Waals surface area contributed by atoms with Gasteiger partial charge in [-0.3, -0.25) is 4.79 Å². The van der Waals surface area contributed by atoms with Crippen LogP contribution in [0.5, 0.6) is 0 Å². The van der Waals surface area contributed by atoms with E-state index < -0.39 is 5.92 Å². The van der Waals surface area contributed by atoms with Gasteiger partial charge in [0.1, 0.15) is 12.2 Å². The van der Waals surface area contributed by atoms with E-state index in [1.165, 1.54) is 19.2 Å². The van der Waals surface area contributed by atoms with Crippen molar-refractivity contribution in [2.75, 3.05) is 5.32 Å². The Hall–Kier alpha value is -3.27. The van der Waals surface area contributed by atoms with Crippen molar-refractivity contribution in [2.45, 2.75) is 37.6 Å². The van der Waals surface area contributed by atoms with Gasteiger partial charge in [-0.1, -0.05) is 12.8 Å². The van der Waals surface area contributed by atoms with E-state index in [-0.39, 0.29) is 5.91 Å². The molecular formula is C19H16N6O. The van der Waals surface area contributed by atoms with Crippen molar-refractivity contribution in [3.63, 3.8) is 0 Å². The molecule has 0 radical (unpaired) electrons. The first-order valence-electron chi connectivity index (χ1n) is 8.79. The number of anilines is 1. The highest BCUT2D eigenvalue weighted by atomic mass is 16.2. The Labute approximate surface area is 149 Å². The summed E-state index contributed by atoms with van der Waals surface area (Å²) >= 11 is 0. The molecule has 2 aromatic heterocycles. The Balaban J connectivity index is 1.67. The van der Waals surface area contributed by atoms with Crippen LogP contribution in [0.1, 0.15) is 54.5 Å². The van der Waals surface area contributed by atoms with E-state index in [4.69, 9.17) is 0 Å². The third-order valence-corrected chi connectivity index (χ3v) is 5.38. The number of benzene rings is 1. The molecule has 7 heteroatoms. The summed E-state index contributed by atoms with van der Waals surface area (Å²) in [5.41, 5.74) is 3.46. The van der Waals surface area contributed by atoms with Gasteiger partial charge in [-0.15, -0.1) is 0 Å². The highest BCUT2D eigenvalue weighted by Gasteiger charge is 2.35. The molecule has 1 fully saturated rings. The zero-order chi connectivity index (χ0) is 17.7. The number of nitrogens with zero attached hydrogens (tertiary/aromatic N) is 5. The molecule has 1 aromatic carbocycles. The van der Waals surface area contributed by atoms with Crippen molar-refractivity contribution in [3.05, 3.63) is 47.5 Å². The van der Waals surface area contributed by atoms with E-state index in [2.05, 4.69) is 26.5 Å². The third-order valence-electron chi connectivity index (χ3n) is 5.38. The summed E-state index contributed by atoms with van der Waals surface area (Å²) in [5, 5.41) is 17.4. The first-order valence-corrected chi connectivity index (χ1v) is 8.79. The number of carbonyl (C=O) groups excluding carboxylic acids is 1. The molecule has 1 aliphatic carbocycles. The second kappa shape index (κ2) is 5.63. The number of nitriles is 1. The fourth-order valence-corrected chi connectivity index (χ4v) is 4.13. The molecule has 0 bridgehead atoms. The van der Waals surface area contributed by atoms with Gasteiger partial charge in [-0.05, 0) is 36.6 Å². The summed E-state index contributed by atoms with van der Waals surface area (Å²) in [5.74, 6) is -0.686.